The van der Waals surface area contributed by atoms with Crippen LogP contribution in [0.3, 0.4) is 0 Å². The molecule has 0 spiro atoms. The van der Waals surface area contributed by atoms with Crippen LogP contribution in [-0.4, -0.2) is 11.2 Å². The first-order valence-corrected chi connectivity index (χ1v) is 13.3. The number of hydrogen-bond acceptors (Lipinski definition) is 1. The van der Waals surface area contributed by atoms with Crippen molar-refractivity contribution in [3.8, 4) is 0 Å². The minimum Gasteiger partial charge on any atom is -0.393 e. The number of allylic oxidation sites excluding steroid dienone is 4. The molecule has 3 fully saturated rings. The first-order valence-electron chi connectivity index (χ1n) is 13.3. The van der Waals surface area contributed by atoms with E-state index < -0.39 is 0 Å². The van der Waals surface area contributed by atoms with Crippen molar-refractivity contribution in [3.63, 3.8) is 0 Å². The van der Waals surface area contributed by atoms with Gasteiger partial charge < -0.3 is 5.11 Å². The van der Waals surface area contributed by atoms with Gasteiger partial charge in [0.25, 0.3) is 0 Å². The van der Waals surface area contributed by atoms with Gasteiger partial charge in [0.05, 0.1) is 6.10 Å². The summed E-state index contributed by atoms with van der Waals surface area (Å²) in [6.45, 7) is 14.8. The minimum absolute atomic E-state index is 0.0480. The zero-order valence-corrected chi connectivity index (χ0v) is 20.7. The molecule has 4 aliphatic carbocycles. The van der Waals surface area contributed by atoms with Gasteiger partial charge in [-0.1, -0.05) is 65.3 Å². The fourth-order valence-electron chi connectivity index (χ4n) is 8.68. The third kappa shape index (κ3) is 3.66. The van der Waals surface area contributed by atoms with Gasteiger partial charge in [0.1, 0.15) is 0 Å². The molecular weight excluding hydrogens is 364 g/mol. The Labute approximate surface area is 186 Å². The standard InChI is InChI=1S/C29H48O/c1-7-21(19(2)3)9-8-20(4)25-12-13-26-24-11-10-22-18-23(30)14-16-28(22,5)27(24)15-17-29(25,26)6/h8-9,11,19-23,25-27,30H,7,10,12-18H2,1-6H3/t20-,21-,22?,23+,25-,26+,27+,28+,29-/m1/s1. The fraction of sp³-hybridized carbons (Fsp3) is 0.862. The summed E-state index contributed by atoms with van der Waals surface area (Å²) in [7, 11) is 0. The van der Waals surface area contributed by atoms with Crippen LogP contribution < -0.4 is 0 Å². The van der Waals surface area contributed by atoms with Gasteiger partial charge >= 0.3 is 0 Å². The molecule has 0 saturated heterocycles. The van der Waals surface area contributed by atoms with E-state index in [0.29, 0.717) is 22.7 Å². The van der Waals surface area contributed by atoms with Crippen LogP contribution in [0.25, 0.3) is 0 Å². The lowest BCUT2D eigenvalue weighted by atomic mass is 9.47. The first-order chi connectivity index (χ1) is 14.2. The molecule has 0 aliphatic heterocycles. The van der Waals surface area contributed by atoms with Crippen LogP contribution in [0.15, 0.2) is 23.8 Å². The Kier molecular flexibility index (Phi) is 6.35. The molecule has 1 unspecified atom stereocenters. The van der Waals surface area contributed by atoms with Crippen LogP contribution >= 0.6 is 0 Å². The second-order valence-corrected chi connectivity index (χ2v) is 12.5. The molecule has 1 N–H and O–H groups in total. The van der Waals surface area contributed by atoms with Crippen molar-refractivity contribution in [1.82, 2.24) is 0 Å². The molecule has 0 aromatic rings. The number of aliphatic hydroxyl groups is 1. The van der Waals surface area contributed by atoms with E-state index in [4.69, 9.17) is 0 Å². The highest BCUT2D eigenvalue weighted by atomic mass is 16.3. The van der Waals surface area contributed by atoms with Gasteiger partial charge in [-0.05, 0) is 110 Å². The summed E-state index contributed by atoms with van der Waals surface area (Å²) in [5.41, 5.74) is 2.79. The van der Waals surface area contributed by atoms with Crippen molar-refractivity contribution in [2.75, 3.05) is 0 Å². The van der Waals surface area contributed by atoms with Crippen LogP contribution in [-0.2, 0) is 0 Å². The highest BCUT2D eigenvalue weighted by Gasteiger charge is 2.57. The third-order valence-corrected chi connectivity index (χ3v) is 10.7. The topological polar surface area (TPSA) is 20.2 Å². The Bertz CT molecular complexity index is 674. The average molecular weight is 413 g/mol. The molecule has 0 radical (unpaired) electrons. The van der Waals surface area contributed by atoms with Gasteiger partial charge in [-0.3, -0.25) is 0 Å². The molecular formula is C29H48O. The van der Waals surface area contributed by atoms with E-state index in [1.54, 1.807) is 0 Å². The van der Waals surface area contributed by atoms with Gasteiger partial charge in [-0.25, -0.2) is 0 Å². The van der Waals surface area contributed by atoms with Crippen LogP contribution in [0.2, 0.25) is 0 Å². The number of rotatable bonds is 5. The van der Waals surface area contributed by atoms with E-state index in [-0.39, 0.29) is 6.10 Å². The molecule has 0 heterocycles. The molecule has 30 heavy (non-hydrogen) atoms. The largest absolute Gasteiger partial charge is 0.393 e. The molecule has 0 bridgehead atoms. The molecule has 1 heteroatoms. The van der Waals surface area contributed by atoms with E-state index >= 15 is 0 Å². The summed E-state index contributed by atoms with van der Waals surface area (Å²) < 4.78 is 0. The highest BCUT2D eigenvalue weighted by molar-refractivity contribution is 5.28. The van der Waals surface area contributed by atoms with E-state index in [2.05, 4.69) is 59.8 Å². The Morgan fingerprint density at radius 2 is 1.70 bits per heavy atom. The molecule has 9 atom stereocenters. The third-order valence-electron chi connectivity index (χ3n) is 10.7. The van der Waals surface area contributed by atoms with Crippen molar-refractivity contribution in [2.24, 2.45) is 52.3 Å². The molecule has 1 nitrogen and oxygen atoms in total. The van der Waals surface area contributed by atoms with Crippen molar-refractivity contribution in [3.05, 3.63) is 23.8 Å². The molecule has 0 aromatic carbocycles. The quantitative estimate of drug-likeness (QED) is 0.457. The summed E-state index contributed by atoms with van der Waals surface area (Å²) in [4.78, 5) is 0. The van der Waals surface area contributed by atoms with Gasteiger partial charge in [-0.2, -0.15) is 0 Å². The van der Waals surface area contributed by atoms with Crippen molar-refractivity contribution >= 4 is 0 Å². The SMILES string of the molecule is CC[C@H](C=C[C@@H](C)[C@H]1CC[C@H]2C3=CCC4C[C@@H](O)CC[C@]4(C)[C@H]3CC[C@]12C)C(C)C. The predicted octanol–water partition coefficient (Wildman–Crippen LogP) is 7.80. The maximum absolute atomic E-state index is 10.3. The Hall–Kier alpha value is -0.560. The van der Waals surface area contributed by atoms with E-state index in [1.807, 2.05) is 5.57 Å². The molecule has 4 rings (SSSR count). The lowest BCUT2D eigenvalue weighted by Crippen LogP contribution is -2.49. The molecule has 4 aliphatic rings. The number of hydrogen-bond donors (Lipinski definition) is 1. The highest BCUT2D eigenvalue weighted by Crippen LogP contribution is 2.66. The summed E-state index contributed by atoms with van der Waals surface area (Å²) in [6.07, 6.45) is 19.2. The Morgan fingerprint density at radius 1 is 1.00 bits per heavy atom. The van der Waals surface area contributed by atoms with Crippen LogP contribution in [0.1, 0.15) is 99.3 Å². The van der Waals surface area contributed by atoms with Gasteiger partial charge in [0.2, 0.25) is 0 Å². The van der Waals surface area contributed by atoms with E-state index in [1.165, 1.54) is 44.9 Å². The summed E-state index contributed by atoms with van der Waals surface area (Å²) >= 11 is 0. The maximum Gasteiger partial charge on any atom is 0.0543 e. The first kappa shape index (κ1) is 22.6. The lowest BCUT2D eigenvalue weighted by Gasteiger charge is -2.57. The monoisotopic (exact) mass is 412 g/mol. The van der Waals surface area contributed by atoms with Gasteiger partial charge in [-0.15, -0.1) is 0 Å². The van der Waals surface area contributed by atoms with E-state index in [0.717, 1.165) is 42.4 Å². The number of fused-ring (bicyclic) bond motifs is 5. The van der Waals surface area contributed by atoms with Crippen LogP contribution in [0, 0.1) is 52.3 Å². The van der Waals surface area contributed by atoms with Crippen molar-refractivity contribution < 1.29 is 5.11 Å². The van der Waals surface area contributed by atoms with Crippen LogP contribution in [0.4, 0.5) is 0 Å². The van der Waals surface area contributed by atoms with Crippen LogP contribution in [0.5, 0.6) is 0 Å². The second kappa shape index (κ2) is 8.42. The Balaban J connectivity index is 1.53. The molecule has 3 saturated carbocycles. The maximum atomic E-state index is 10.3. The zero-order valence-electron chi connectivity index (χ0n) is 20.7. The predicted molar refractivity (Wildman–Crippen MR) is 128 cm³/mol. The van der Waals surface area contributed by atoms with E-state index in [9.17, 15) is 5.11 Å². The molecule has 0 amide bonds. The summed E-state index contributed by atoms with van der Waals surface area (Å²) in [5.74, 6) is 5.32. The second-order valence-electron chi connectivity index (χ2n) is 12.5. The van der Waals surface area contributed by atoms with Gasteiger partial charge in [0, 0.05) is 0 Å². The lowest BCUT2D eigenvalue weighted by molar-refractivity contribution is -0.0414. The molecule has 170 valence electrons. The Morgan fingerprint density at radius 3 is 2.40 bits per heavy atom. The summed E-state index contributed by atoms with van der Waals surface area (Å²) in [5, 5.41) is 10.3. The smallest absolute Gasteiger partial charge is 0.0543 e. The number of aliphatic hydroxyl groups excluding tert-OH is 1. The minimum atomic E-state index is -0.0480. The fourth-order valence-corrected chi connectivity index (χ4v) is 8.68. The molecule has 0 aromatic heterocycles. The van der Waals surface area contributed by atoms with Gasteiger partial charge in [0.15, 0.2) is 0 Å². The average Bonchev–Trinajstić information content (AvgIpc) is 3.06. The van der Waals surface area contributed by atoms with Crippen molar-refractivity contribution in [2.45, 2.75) is 105 Å². The van der Waals surface area contributed by atoms with Crippen molar-refractivity contribution in [1.29, 1.82) is 0 Å². The summed E-state index contributed by atoms with van der Waals surface area (Å²) in [6, 6.07) is 0. The normalized spacial score (nSPS) is 45.6. The zero-order chi connectivity index (χ0) is 21.7.